The van der Waals surface area contributed by atoms with Gasteiger partial charge >= 0.3 is 0 Å². The topological polar surface area (TPSA) is 18.5 Å². The molecule has 0 radical (unpaired) electrons. The predicted octanol–water partition coefficient (Wildman–Crippen LogP) is 7.51. The van der Waals surface area contributed by atoms with Crippen LogP contribution in [0.25, 0.3) is 0 Å². The zero-order chi connectivity index (χ0) is 21.2. The normalized spacial score (nSPS) is 42.3. The second-order valence-electron chi connectivity index (χ2n) is 12.9. The lowest BCUT2D eigenvalue weighted by atomic mass is 9.48. The van der Waals surface area contributed by atoms with Gasteiger partial charge in [-0.05, 0) is 125 Å². The molecular weight excluding hydrogens is 388 g/mol. The van der Waals surface area contributed by atoms with Crippen LogP contribution >= 0.6 is 0 Å². The Kier molecular flexibility index (Phi) is 5.36. The summed E-state index contributed by atoms with van der Waals surface area (Å²) in [4.78, 5) is 0. The van der Waals surface area contributed by atoms with Crippen molar-refractivity contribution in [2.24, 2.45) is 28.6 Å². The summed E-state index contributed by atoms with van der Waals surface area (Å²) in [5.74, 6) is 3.76. The Morgan fingerprint density at radius 1 is 0.897 bits per heavy atom. The highest BCUT2D eigenvalue weighted by Gasteiger charge is 2.59. The van der Waals surface area contributed by atoms with E-state index in [2.05, 4.69) is 65.3 Å². The van der Waals surface area contributed by atoms with Gasteiger partial charge in [0.1, 0.15) is 0 Å². The van der Waals surface area contributed by atoms with Crippen molar-refractivity contribution in [1.29, 1.82) is 0 Å². The maximum absolute atomic E-state index is 6.75. The zero-order valence-electron chi connectivity index (χ0n) is 20.2. The highest BCUT2D eigenvalue weighted by Crippen LogP contribution is 2.65. The fourth-order valence-corrected chi connectivity index (χ4v) is 9.48. The molecule has 0 saturated heterocycles. The molecule has 3 saturated carbocycles. The first-order chi connectivity index (χ1) is 13.3. The molecule has 4 rings (SSSR count). The fourth-order valence-electron chi connectivity index (χ4n) is 7.39. The van der Waals surface area contributed by atoms with Gasteiger partial charge in [0.05, 0.1) is 11.9 Å². The summed E-state index contributed by atoms with van der Waals surface area (Å²) in [6, 6.07) is 0. The number of hydrogen-bond donors (Lipinski definition) is 0. The van der Waals surface area contributed by atoms with Crippen LogP contribution in [0.15, 0.2) is 23.5 Å². The summed E-state index contributed by atoms with van der Waals surface area (Å²) in [6.45, 7) is 19.1. The van der Waals surface area contributed by atoms with Crippen molar-refractivity contribution in [2.75, 3.05) is 0 Å². The molecule has 164 valence electrons. The van der Waals surface area contributed by atoms with E-state index in [9.17, 15) is 0 Å². The van der Waals surface area contributed by atoms with Crippen molar-refractivity contribution in [3.8, 4) is 0 Å². The van der Waals surface area contributed by atoms with E-state index in [0.717, 1.165) is 17.8 Å². The lowest BCUT2D eigenvalue weighted by Crippen LogP contribution is -2.52. The molecule has 0 aromatic rings. The summed E-state index contributed by atoms with van der Waals surface area (Å²) < 4.78 is 13.1. The van der Waals surface area contributed by atoms with Crippen LogP contribution in [0, 0.1) is 28.6 Å². The molecule has 0 N–H and O–H groups in total. The molecule has 29 heavy (non-hydrogen) atoms. The van der Waals surface area contributed by atoms with Crippen LogP contribution in [0.3, 0.4) is 0 Å². The molecule has 2 nitrogen and oxygen atoms in total. The van der Waals surface area contributed by atoms with Crippen molar-refractivity contribution in [1.82, 2.24) is 0 Å². The molecular formula is C25H44O2Si2. The maximum atomic E-state index is 6.75. The average molecular weight is 433 g/mol. The van der Waals surface area contributed by atoms with E-state index in [1.54, 1.807) is 5.57 Å². The third-order valence-corrected chi connectivity index (χ3v) is 10.5. The Morgan fingerprint density at radius 3 is 2.28 bits per heavy atom. The number of allylic oxidation sites excluding steroid dienone is 3. The monoisotopic (exact) mass is 432 g/mol. The van der Waals surface area contributed by atoms with Crippen molar-refractivity contribution in [3.63, 3.8) is 0 Å². The summed E-state index contributed by atoms with van der Waals surface area (Å²) in [7, 11) is -3.03. The largest absolute Gasteiger partial charge is 0.545 e. The van der Waals surface area contributed by atoms with E-state index < -0.39 is 16.6 Å². The second kappa shape index (κ2) is 7.10. The molecule has 4 aliphatic rings. The fraction of sp³-hybridized carbons (Fsp3) is 0.840. The van der Waals surface area contributed by atoms with Crippen LogP contribution in [0.1, 0.15) is 58.8 Å². The minimum atomic E-state index is -1.54. The van der Waals surface area contributed by atoms with Crippen LogP contribution in [0.5, 0.6) is 0 Å². The third kappa shape index (κ3) is 3.98. The Morgan fingerprint density at radius 2 is 1.62 bits per heavy atom. The van der Waals surface area contributed by atoms with E-state index in [1.807, 2.05) is 0 Å². The molecule has 0 aliphatic heterocycles. The Labute approximate surface area is 181 Å². The first-order valence-electron chi connectivity index (χ1n) is 12.1. The molecule has 0 unspecified atom stereocenters. The molecule has 0 amide bonds. The van der Waals surface area contributed by atoms with Crippen LogP contribution in [-0.4, -0.2) is 22.7 Å². The minimum absolute atomic E-state index is 0.355. The van der Waals surface area contributed by atoms with Gasteiger partial charge in [0, 0.05) is 0 Å². The summed E-state index contributed by atoms with van der Waals surface area (Å²) in [5, 5.41) is 0. The van der Waals surface area contributed by atoms with Gasteiger partial charge in [-0.25, -0.2) is 0 Å². The van der Waals surface area contributed by atoms with Gasteiger partial charge in [0.2, 0.25) is 8.32 Å². The summed E-state index contributed by atoms with van der Waals surface area (Å²) in [6.07, 6.45) is 14.6. The molecule has 4 aliphatic carbocycles. The first-order valence-corrected chi connectivity index (χ1v) is 18.9. The lowest BCUT2D eigenvalue weighted by molar-refractivity contribution is -0.0656. The van der Waals surface area contributed by atoms with Crippen LogP contribution in [-0.2, 0) is 8.85 Å². The molecule has 3 fully saturated rings. The smallest absolute Gasteiger partial charge is 0.242 e. The standard InChI is InChI=1S/C25H44O2Si2/c1-24-15-13-19(26-28(3,4)5)17-18(24)9-10-20-21-11-12-23(27-29(6,7)8)25(21,2)16-14-22(20)24/h13,17,20-23H,9-12,14-16H2,1-8H3/t20-,21-,22-,23-,24-,25-/m0/s1. The molecule has 6 atom stereocenters. The molecule has 4 heteroatoms. The van der Waals surface area contributed by atoms with Crippen molar-refractivity contribution in [3.05, 3.63) is 23.5 Å². The van der Waals surface area contributed by atoms with E-state index in [-0.39, 0.29) is 0 Å². The molecule has 0 bridgehead atoms. The van der Waals surface area contributed by atoms with E-state index in [0.29, 0.717) is 16.9 Å². The quantitative estimate of drug-likeness (QED) is 0.428. The Balaban J connectivity index is 1.54. The van der Waals surface area contributed by atoms with Crippen LogP contribution in [0.4, 0.5) is 0 Å². The number of rotatable bonds is 4. The van der Waals surface area contributed by atoms with E-state index in [4.69, 9.17) is 8.85 Å². The first kappa shape index (κ1) is 21.9. The van der Waals surface area contributed by atoms with Gasteiger partial charge in [0.15, 0.2) is 8.32 Å². The van der Waals surface area contributed by atoms with Gasteiger partial charge < -0.3 is 8.85 Å². The summed E-state index contributed by atoms with van der Waals surface area (Å²) in [5.41, 5.74) is 2.45. The third-order valence-electron chi connectivity index (χ3n) is 8.61. The van der Waals surface area contributed by atoms with E-state index in [1.165, 1.54) is 50.7 Å². The van der Waals surface area contributed by atoms with Crippen molar-refractivity contribution < 1.29 is 8.85 Å². The number of hydrogen-bond acceptors (Lipinski definition) is 2. The second-order valence-corrected chi connectivity index (χ2v) is 21.8. The van der Waals surface area contributed by atoms with Crippen molar-refractivity contribution >= 4 is 16.6 Å². The average Bonchev–Trinajstić information content (AvgIpc) is 2.89. The maximum Gasteiger partial charge on any atom is 0.242 e. The van der Waals surface area contributed by atoms with Crippen LogP contribution in [0.2, 0.25) is 39.3 Å². The lowest BCUT2D eigenvalue weighted by Gasteiger charge is -2.58. The SMILES string of the molecule is C[C@]12CC[C@H]3[C@@H](CCC4=CC(O[Si](C)(C)C)=CC[C@@]43C)[C@@H]1CC[C@@H]2O[Si](C)(C)C. The predicted molar refractivity (Wildman–Crippen MR) is 128 cm³/mol. The van der Waals surface area contributed by atoms with Gasteiger partial charge in [-0.15, -0.1) is 0 Å². The van der Waals surface area contributed by atoms with Gasteiger partial charge in [-0.2, -0.15) is 0 Å². The van der Waals surface area contributed by atoms with Gasteiger partial charge in [-0.3, -0.25) is 0 Å². The molecule has 0 heterocycles. The van der Waals surface area contributed by atoms with Crippen LogP contribution < -0.4 is 0 Å². The highest BCUT2D eigenvalue weighted by molar-refractivity contribution is 6.70. The Hall–Kier alpha value is -0.326. The van der Waals surface area contributed by atoms with Crippen molar-refractivity contribution in [2.45, 2.75) is 104 Å². The molecule has 0 spiro atoms. The van der Waals surface area contributed by atoms with Gasteiger partial charge in [-0.1, -0.05) is 19.4 Å². The van der Waals surface area contributed by atoms with E-state index >= 15 is 0 Å². The number of fused-ring (bicyclic) bond motifs is 5. The highest BCUT2D eigenvalue weighted by atomic mass is 28.4. The minimum Gasteiger partial charge on any atom is -0.545 e. The molecule has 0 aromatic carbocycles. The molecule has 0 aromatic heterocycles. The van der Waals surface area contributed by atoms with Gasteiger partial charge in [0.25, 0.3) is 0 Å². The summed E-state index contributed by atoms with van der Waals surface area (Å²) >= 11 is 0. The Bertz CT molecular complexity index is 713. The zero-order valence-corrected chi connectivity index (χ0v) is 22.2.